The molecule has 1 aliphatic heterocycles. The van der Waals surface area contributed by atoms with Gasteiger partial charge in [0.2, 0.25) is 5.13 Å². The summed E-state index contributed by atoms with van der Waals surface area (Å²) in [5.41, 5.74) is 2.62. The zero-order valence-electron chi connectivity index (χ0n) is 14.5. The second-order valence-corrected chi connectivity index (χ2v) is 8.08. The van der Waals surface area contributed by atoms with Gasteiger partial charge in [-0.05, 0) is 37.5 Å². The number of hydrogen-bond acceptors (Lipinski definition) is 5. The third-order valence-electron chi connectivity index (χ3n) is 4.28. The van der Waals surface area contributed by atoms with Crippen LogP contribution in [-0.2, 0) is 5.41 Å². The van der Waals surface area contributed by atoms with Crippen LogP contribution in [0.25, 0.3) is 0 Å². The van der Waals surface area contributed by atoms with E-state index in [1.165, 1.54) is 48.7 Å². The molecule has 0 radical (unpaired) electrons. The summed E-state index contributed by atoms with van der Waals surface area (Å²) in [6.07, 6.45) is 2.61. The minimum absolute atomic E-state index is 0.00463. The highest BCUT2D eigenvalue weighted by atomic mass is 32.1. The molecule has 1 aromatic carbocycles. The van der Waals surface area contributed by atoms with Crippen LogP contribution in [0.15, 0.2) is 24.3 Å². The maximum atomic E-state index is 4.63. The first-order valence-corrected chi connectivity index (χ1v) is 9.16. The lowest BCUT2D eigenvalue weighted by molar-refractivity contribution is 0.555. The Labute approximate surface area is 143 Å². The normalized spacial score (nSPS) is 16.6. The van der Waals surface area contributed by atoms with Crippen molar-refractivity contribution in [1.82, 2.24) is 9.36 Å². The van der Waals surface area contributed by atoms with Gasteiger partial charge >= 0.3 is 0 Å². The zero-order valence-corrected chi connectivity index (χ0v) is 15.3. The molecule has 0 bridgehead atoms. The lowest BCUT2D eigenvalue weighted by Gasteiger charge is -2.20. The average molecular weight is 331 g/mol. The van der Waals surface area contributed by atoms with Crippen molar-refractivity contribution in [2.75, 3.05) is 23.3 Å². The van der Waals surface area contributed by atoms with Crippen molar-refractivity contribution < 1.29 is 0 Å². The molecule has 4 nitrogen and oxygen atoms in total. The van der Waals surface area contributed by atoms with E-state index in [0.29, 0.717) is 0 Å². The second-order valence-electron chi connectivity index (χ2n) is 7.33. The molecule has 1 atom stereocenters. The molecular formula is C18H26N4S. The third kappa shape index (κ3) is 3.83. The van der Waals surface area contributed by atoms with Gasteiger partial charge in [0.15, 0.2) is 0 Å². The monoisotopic (exact) mass is 330 g/mol. The van der Waals surface area contributed by atoms with Gasteiger partial charge in [0.25, 0.3) is 0 Å². The topological polar surface area (TPSA) is 41.1 Å². The van der Waals surface area contributed by atoms with Gasteiger partial charge in [-0.25, -0.2) is 4.98 Å². The summed E-state index contributed by atoms with van der Waals surface area (Å²) < 4.78 is 4.47. The summed E-state index contributed by atoms with van der Waals surface area (Å²) in [6.45, 7) is 11.0. The van der Waals surface area contributed by atoms with Crippen molar-refractivity contribution >= 4 is 22.4 Å². The van der Waals surface area contributed by atoms with Gasteiger partial charge in [0.1, 0.15) is 5.82 Å². The molecule has 124 valence electrons. The van der Waals surface area contributed by atoms with Gasteiger partial charge in [-0.15, -0.1) is 0 Å². The summed E-state index contributed by atoms with van der Waals surface area (Å²) in [5, 5.41) is 4.39. The van der Waals surface area contributed by atoms with E-state index in [1.807, 2.05) is 0 Å². The van der Waals surface area contributed by atoms with E-state index < -0.39 is 0 Å². The van der Waals surface area contributed by atoms with Crippen LogP contribution in [0.5, 0.6) is 0 Å². The fourth-order valence-corrected chi connectivity index (χ4v) is 3.67. The molecule has 23 heavy (non-hydrogen) atoms. The van der Waals surface area contributed by atoms with Crippen LogP contribution < -0.4 is 10.2 Å². The molecule has 2 heterocycles. The maximum Gasteiger partial charge on any atom is 0.203 e. The van der Waals surface area contributed by atoms with Crippen molar-refractivity contribution in [3.63, 3.8) is 0 Å². The molecule has 0 amide bonds. The van der Waals surface area contributed by atoms with Crippen molar-refractivity contribution in [1.29, 1.82) is 0 Å². The minimum atomic E-state index is -0.00463. The Hall–Kier alpha value is -1.62. The molecule has 0 saturated carbocycles. The van der Waals surface area contributed by atoms with Gasteiger partial charge in [-0.2, -0.15) is 4.37 Å². The van der Waals surface area contributed by atoms with Crippen LogP contribution in [0.3, 0.4) is 0 Å². The fourth-order valence-electron chi connectivity index (χ4n) is 2.82. The lowest BCUT2D eigenvalue weighted by Crippen LogP contribution is -2.18. The molecule has 1 fully saturated rings. The van der Waals surface area contributed by atoms with E-state index in [9.17, 15) is 0 Å². The molecule has 5 heteroatoms. The van der Waals surface area contributed by atoms with E-state index >= 15 is 0 Å². The number of anilines is 2. The van der Waals surface area contributed by atoms with E-state index in [0.717, 1.165) is 11.0 Å². The number of nitrogens with one attached hydrogen (secondary N) is 1. The van der Waals surface area contributed by atoms with Crippen LogP contribution in [0.1, 0.15) is 58.0 Å². The third-order valence-corrected chi connectivity index (χ3v) is 4.92. The second kappa shape index (κ2) is 6.48. The molecule has 1 aromatic heterocycles. The summed E-state index contributed by atoms with van der Waals surface area (Å²) >= 11 is 1.45. The Morgan fingerprint density at radius 2 is 1.96 bits per heavy atom. The molecule has 1 N–H and O–H groups in total. The highest BCUT2D eigenvalue weighted by Gasteiger charge is 2.20. The van der Waals surface area contributed by atoms with E-state index in [-0.39, 0.29) is 11.5 Å². The fraction of sp³-hybridized carbons (Fsp3) is 0.556. The van der Waals surface area contributed by atoms with Crippen molar-refractivity contribution in [3.8, 4) is 0 Å². The van der Waals surface area contributed by atoms with Gasteiger partial charge in [-0.1, -0.05) is 32.9 Å². The number of hydrogen-bond donors (Lipinski definition) is 1. The zero-order chi connectivity index (χ0) is 16.4. The molecule has 0 aliphatic carbocycles. The van der Waals surface area contributed by atoms with Gasteiger partial charge in [-0.3, -0.25) is 0 Å². The minimum Gasteiger partial charge on any atom is -0.372 e. The predicted molar refractivity (Wildman–Crippen MR) is 98.5 cm³/mol. The molecule has 3 rings (SSSR count). The van der Waals surface area contributed by atoms with E-state index in [1.54, 1.807) is 0 Å². The molecule has 1 unspecified atom stereocenters. The summed E-state index contributed by atoms with van der Waals surface area (Å²) in [7, 11) is 0. The summed E-state index contributed by atoms with van der Waals surface area (Å²) in [6, 6.07) is 9.07. The van der Waals surface area contributed by atoms with Crippen molar-refractivity contribution in [2.24, 2.45) is 0 Å². The van der Waals surface area contributed by atoms with Crippen LogP contribution in [0.4, 0.5) is 10.8 Å². The van der Waals surface area contributed by atoms with Crippen LogP contribution in [-0.4, -0.2) is 22.4 Å². The summed E-state index contributed by atoms with van der Waals surface area (Å²) in [5.74, 6) is 0.906. The number of nitrogens with zero attached hydrogens (tertiary/aromatic N) is 3. The van der Waals surface area contributed by atoms with Crippen molar-refractivity contribution in [3.05, 3.63) is 35.7 Å². The maximum absolute atomic E-state index is 4.63. The van der Waals surface area contributed by atoms with Crippen LogP contribution in [0, 0.1) is 0 Å². The van der Waals surface area contributed by atoms with Crippen LogP contribution in [0.2, 0.25) is 0 Å². The molecule has 1 aliphatic rings. The van der Waals surface area contributed by atoms with E-state index in [2.05, 4.69) is 71.5 Å². The van der Waals surface area contributed by atoms with Gasteiger partial charge in [0, 0.05) is 35.7 Å². The first-order chi connectivity index (χ1) is 10.9. The Morgan fingerprint density at radius 1 is 1.22 bits per heavy atom. The first-order valence-electron chi connectivity index (χ1n) is 8.39. The largest absolute Gasteiger partial charge is 0.372 e. The first kappa shape index (κ1) is 16.2. The molecule has 1 saturated heterocycles. The van der Waals surface area contributed by atoms with Gasteiger partial charge < -0.3 is 10.2 Å². The van der Waals surface area contributed by atoms with Crippen molar-refractivity contribution in [2.45, 2.75) is 52.0 Å². The lowest BCUT2D eigenvalue weighted by atomic mass is 9.96. The number of rotatable bonds is 4. The number of aromatic nitrogens is 2. The Kier molecular flexibility index (Phi) is 4.57. The predicted octanol–water partition coefficient (Wildman–Crippen LogP) is 4.61. The van der Waals surface area contributed by atoms with Gasteiger partial charge in [0.05, 0.1) is 6.04 Å². The molecule has 0 spiro atoms. The number of benzene rings is 1. The molecule has 2 aromatic rings. The highest BCUT2D eigenvalue weighted by molar-refractivity contribution is 7.09. The molecular weight excluding hydrogens is 304 g/mol. The Balaban J connectivity index is 1.71. The smallest absolute Gasteiger partial charge is 0.203 e. The summed E-state index contributed by atoms with van der Waals surface area (Å²) in [4.78, 5) is 7.10. The highest BCUT2D eigenvalue weighted by Crippen LogP contribution is 2.28. The van der Waals surface area contributed by atoms with Crippen LogP contribution >= 0.6 is 11.5 Å². The Morgan fingerprint density at radius 3 is 2.61 bits per heavy atom. The Bertz CT molecular complexity index is 653. The van der Waals surface area contributed by atoms with E-state index in [4.69, 9.17) is 0 Å². The SMILES string of the molecule is CC(Nc1nc(C(C)(C)C)ns1)c1cccc(N2CCCC2)c1. The quantitative estimate of drug-likeness (QED) is 0.889. The average Bonchev–Trinajstić information content (AvgIpc) is 3.18. The standard InChI is InChI=1S/C18H26N4S/c1-13(19-17-20-16(21-23-17)18(2,3)4)14-8-7-9-15(12-14)22-10-5-6-11-22/h7-9,12-13H,5-6,10-11H2,1-4H3,(H,19,20,21).